The molecule has 2 fully saturated rings. The summed E-state index contributed by atoms with van der Waals surface area (Å²) in [5.41, 5.74) is 6.79. The van der Waals surface area contributed by atoms with Crippen LogP contribution in [0.1, 0.15) is 41.9 Å². The summed E-state index contributed by atoms with van der Waals surface area (Å²) < 4.78 is 0. The van der Waals surface area contributed by atoms with Crippen molar-refractivity contribution in [3.8, 4) is 0 Å². The summed E-state index contributed by atoms with van der Waals surface area (Å²) in [5, 5.41) is 0. The summed E-state index contributed by atoms with van der Waals surface area (Å²) in [6, 6.07) is 2.15. The Morgan fingerprint density at radius 3 is 2.67 bits per heavy atom. The molecule has 2 aliphatic rings. The number of hydrogen-bond acceptors (Lipinski definition) is 4. The minimum absolute atomic E-state index is 0.0154. The second kappa shape index (κ2) is 4.23. The molecule has 1 aromatic rings. The Balaban J connectivity index is 1.81. The van der Waals surface area contributed by atoms with Crippen LogP contribution in [0.3, 0.4) is 0 Å². The van der Waals surface area contributed by atoms with Gasteiger partial charge in [-0.25, -0.2) is 9.97 Å². The third-order valence-corrected chi connectivity index (χ3v) is 3.49. The van der Waals surface area contributed by atoms with E-state index in [9.17, 15) is 4.79 Å². The molecular weight excluding hydrogens is 228 g/mol. The maximum absolute atomic E-state index is 12.5. The quantitative estimate of drug-likeness (QED) is 0.871. The van der Waals surface area contributed by atoms with Crippen LogP contribution in [-0.2, 0) is 0 Å². The number of amides is 1. The van der Waals surface area contributed by atoms with Crippen molar-refractivity contribution in [3.63, 3.8) is 0 Å². The highest BCUT2D eigenvalue weighted by molar-refractivity contribution is 5.93. The van der Waals surface area contributed by atoms with Crippen LogP contribution in [0, 0.1) is 12.8 Å². The Kier molecular flexibility index (Phi) is 2.69. The van der Waals surface area contributed by atoms with E-state index in [0.29, 0.717) is 17.7 Å². The Hall–Kier alpha value is -1.65. The summed E-state index contributed by atoms with van der Waals surface area (Å²) in [6.07, 6.45) is 4.75. The van der Waals surface area contributed by atoms with E-state index in [0.717, 1.165) is 25.1 Å². The van der Waals surface area contributed by atoms with Crippen molar-refractivity contribution in [1.82, 2.24) is 14.9 Å². The zero-order valence-corrected chi connectivity index (χ0v) is 10.6. The van der Waals surface area contributed by atoms with Crippen molar-refractivity contribution >= 4 is 11.9 Å². The molecule has 1 amide bonds. The van der Waals surface area contributed by atoms with E-state index in [1.165, 1.54) is 12.8 Å². The van der Waals surface area contributed by atoms with Gasteiger partial charge in [0.1, 0.15) is 5.69 Å². The van der Waals surface area contributed by atoms with Gasteiger partial charge in [0, 0.05) is 18.3 Å². The Labute approximate surface area is 106 Å². The number of rotatable bonds is 4. The highest BCUT2D eigenvalue weighted by Crippen LogP contribution is 2.35. The van der Waals surface area contributed by atoms with Crippen LogP contribution in [0.5, 0.6) is 0 Å². The number of aromatic nitrogens is 2. The van der Waals surface area contributed by atoms with Gasteiger partial charge in [-0.2, -0.15) is 0 Å². The number of carbonyl (C=O) groups excluding carboxylic acids is 1. The van der Waals surface area contributed by atoms with Gasteiger partial charge >= 0.3 is 0 Å². The van der Waals surface area contributed by atoms with E-state index in [-0.39, 0.29) is 11.9 Å². The standard InChI is InChI=1S/C13H18N4O/c1-8-6-11(16-13(14)15-8)12(18)17(10-4-5-10)7-9-2-3-9/h6,9-10H,2-5,7H2,1H3,(H2,14,15,16). The molecule has 0 radical (unpaired) electrons. The summed E-state index contributed by atoms with van der Waals surface area (Å²) in [5.74, 6) is 0.900. The summed E-state index contributed by atoms with van der Waals surface area (Å²) in [4.78, 5) is 22.5. The fourth-order valence-corrected chi connectivity index (χ4v) is 2.21. The van der Waals surface area contributed by atoms with E-state index in [2.05, 4.69) is 9.97 Å². The van der Waals surface area contributed by atoms with Gasteiger partial charge in [0.2, 0.25) is 5.95 Å². The van der Waals surface area contributed by atoms with E-state index >= 15 is 0 Å². The van der Waals surface area contributed by atoms with Gasteiger partial charge in [-0.3, -0.25) is 4.79 Å². The topological polar surface area (TPSA) is 72.1 Å². The van der Waals surface area contributed by atoms with Crippen molar-refractivity contribution in [2.45, 2.75) is 38.6 Å². The van der Waals surface area contributed by atoms with Crippen molar-refractivity contribution in [2.24, 2.45) is 5.92 Å². The predicted octanol–water partition coefficient (Wildman–Crippen LogP) is 1.38. The molecule has 0 saturated heterocycles. The van der Waals surface area contributed by atoms with Gasteiger partial charge in [-0.05, 0) is 44.6 Å². The molecule has 96 valence electrons. The molecule has 0 spiro atoms. The predicted molar refractivity (Wildman–Crippen MR) is 68.0 cm³/mol. The van der Waals surface area contributed by atoms with E-state index in [1.54, 1.807) is 6.07 Å². The van der Waals surface area contributed by atoms with E-state index in [4.69, 9.17) is 5.73 Å². The van der Waals surface area contributed by atoms with Gasteiger partial charge in [0.15, 0.2) is 0 Å². The maximum atomic E-state index is 12.5. The molecule has 1 heterocycles. The van der Waals surface area contributed by atoms with Crippen LogP contribution in [0.15, 0.2) is 6.07 Å². The lowest BCUT2D eigenvalue weighted by molar-refractivity contribution is 0.0728. The summed E-state index contributed by atoms with van der Waals surface area (Å²) in [6.45, 7) is 2.71. The smallest absolute Gasteiger partial charge is 0.272 e. The number of nitrogens with zero attached hydrogens (tertiary/aromatic N) is 3. The average molecular weight is 246 g/mol. The van der Waals surface area contributed by atoms with Crippen LogP contribution < -0.4 is 5.73 Å². The first-order valence-corrected chi connectivity index (χ1v) is 6.55. The van der Waals surface area contributed by atoms with Gasteiger partial charge in [0.25, 0.3) is 5.91 Å². The normalized spacial score (nSPS) is 18.7. The molecule has 0 aliphatic heterocycles. The summed E-state index contributed by atoms with van der Waals surface area (Å²) >= 11 is 0. The first kappa shape index (κ1) is 11.4. The van der Waals surface area contributed by atoms with Crippen LogP contribution >= 0.6 is 0 Å². The highest BCUT2D eigenvalue weighted by atomic mass is 16.2. The highest BCUT2D eigenvalue weighted by Gasteiger charge is 2.37. The zero-order chi connectivity index (χ0) is 12.7. The van der Waals surface area contributed by atoms with Gasteiger partial charge in [0.05, 0.1) is 0 Å². The second-order valence-corrected chi connectivity index (χ2v) is 5.38. The minimum atomic E-state index is 0.0154. The van der Waals surface area contributed by atoms with Crippen LogP contribution in [0.25, 0.3) is 0 Å². The zero-order valence-electron chi connectivity index (χ0n) is 10.6. The molecule has 0 bridgehead atoms. The molecule has 3 rings (SSSR count). The number of nitrogen functional groups attached to an aromatic ring is 1. The Morgan fingerprint density at radius 2 is 2.11 bits per heavy atom. The fourth-order valence-electron chi connectivity index (χ4n) is 2.21. The van der Waals surface area contributed by atoms with Crippen molar-refractivity contribution < 1.29 is 4.79 Å². The SMILES string of the molecule is Cc1cc(C(=O)N(CC2CC2)C2CC2)nc(N)n1. The molecule has 2 aliphatic carbocycles. The third kappa shape index (κ3) is 2.44. The number of anilines is 1. The van der Waals surface area contributed by atoms with Gasteiger partial charge in [-0.1, -0.05) is 0 Å². The number of carbonyl (C=O) groups is 1. The maximum Gasteiger partial charge on any atom is 0.272 e. The average Bonchev–Trinajstić information content (AvgIpc) is 3.15. The second-order valence-electron chi connectivity index (χ2n) is 5.38. The Morgan fingerprint density at radius 1 is 1.39 bits per heavy atom. The molecule has 1 aromatic heterocycles. The van der Waals surface area contributed by atoms with Crippen molar-refractivity contribution in [2.75, 3.05) is 12.3 Å². The lowest BCUT2D eigenvalue weighted by Crippen LogP contribution is -2.35. The monoisotopic (exact) mass is 246 g/mol. The van der Waals surface area contributed by atoms with E-state index in [1.807, 2.05) is 11.8 Å². The number of nitrogens with two attached hydrogens (primary N) is 1. The lowest BCUT2D eigenvalue weighted by atomic mass is 10.2. The molecule has 0 atom stereocenters. The molecule has 18 heavy (non-hydrogen) atoms. The molecule has 5 nitrogen and oxygen atoms in total. The molecule has 0 unspecified atom stereocenters. The van der Waals surface area contributed by atoms with Crippen molar-refractivity contribution in [3.05, 3.63) is 17.5 Å². The first-order chi connectivity index (χ1) is 8.63. The van der Waals surface area contributed by atoms with Gasteiger partial charge < -0.3 is 10.6 Å². The lowest BCUT2D eigenvalue weighted by Gasteiger charge is -2.22. The molecule has 2 N–H and O–H groups in total. The molecule has 0 aromatic carbocycles. The van der Waals surface area contributed by atoms with Crippen molar-refractivity contribution in [1.29, 1.82) is 0 Å². The molecular formula is C13H18N4O. The van der Waals surface area contributed by atoms with Gasteiger partial charge in [-0.15, -0.1) is 0 Å². The number of aryl methyl sites for hydroxylation is 1. The first-order valence-electron chi connectivity index (χ1n) is 6.55. The van der Waals surface area contributed by atoms with E-state index < -0.39 is 0 Å². The van der Waals surface area contributed by atoms with Crippen LogP contribution in [0.4, 0.5) is 5.95 Å². The summed E-state index contributed by atoms with van der Waals surface area (Å²) in [7, 11) is 0. The van der Waals surface area contributed by atoms with Crippen LogP contribution in [-0.4, -0.2) is 33.4 Å². The Bertz CT molecular complexity index is 460. The number of hydrogen-bond donors (Lipinski definition) is 1. The third-order valence-electron chi connectivity index (χ3n) is 3.49. The van der Waals surface area contributed by atoms with Crippen LogP contribution in [0.2, 0.25) is 0 Å². The minimum Gasteiger partial charge on any atom is -0.368 e. The largest absolute Gasteiger partial charge is 0.368 e. The molecule has 2 saturated carbocycles. The molecule has 5 heteroatoms. The fraction of sp³-hybridized carbons (Fsp3) is 0.615.